The molecule has 0 saturated heterocycles. The van der Waals surface area contributed by atoms with Crippen molar-refractivity contribution in [1.82, 2.24) is 15.1 Å². The Bertz CT molecular complexity index is 423. The van der Waals surface area contributed by atoms with Crippen molar-refractivity contribution in [2.24, 2.45) is 18.4 Å². The highest BCUT2D eigenvalue weighted by molar-refractivity contribution is 9.10. The second-order valence-corrected chi connectivity index (χ2v) is 7.28. The summed E-state index contributed by atoms with van der Waals surface area (Å²) >= 11 is 3.68. The Kier molecular flexibility index (Phi) is 5.63. The number of nitrogens with zero attached hydrogens (tertiary/aromatic N) is 2. The predicted octanol–water partition coefficient (Wildman–Crippen LogP) is 3.69. The van der Waals surface area contributed by atoms with Gasteiger partial charge in [0, 0.05) is 19.6 Å². The van der Waals surface area contributed by atoms with Gasteiger partial charge in [-0.15, -0.1) is 0 Å². The van der Waals surface area contributed by atoms with Crippen LogP contribution in [0.2, 0.25) is 0 Å². The van der Waals surface area contributed by atoms with Gasteiger partial charge < -0.3 is 5.32 Å². The molecule has 1 rings (SSSR count). The molecule has 1 N–H and O–H groups in total. The van der Waals surface area contributed by atoms with E-state index in [1.54, 1.807) is 0 Å². The van der Waals surface area contributed by atoms with Crippen LogP contribution < -0.4 is 5.32 Å². The summed E-state index contributed by atoms with van der Waals surface area (Å²) < 4.78 is 3.17. The fourth-order valence-electron chi connectivity index (χ4n) is 2.16. The highest BCUT2D eigenvalue weighted by atomic mass is 79.9. The quantitative estimate of drug-likeness (QED) is 0.862. The first kappa shape index (κ1) is 16.7. The molecule has 3 nitrogen and oxygen atoms in total. The van der Waals surface area contributed by atoms with Crippen molar-refractivity contribution >= 4 is 15.9 Å². The minimum Gasteiger partial charge on any atom is -0.314 e. The van der Waals surface area contributed by atoms with Gasteiger partial charge in [-0.25, -0.2) is 0 Å². The minimum atomic E-state index is 0.229. The lowest BCUT2D eigenvalue weighted by atomic mass is 9.75. The lowest BCUT2D eigenvalue weighted by molar-refractivity contribution is 0.197. The molecule has 0 aromatic carbocycles. The molecule has 0 amide bonds. The fraction of sp³-hybridized carbons (Fsp3) is 0.800. The zero-order valence-electron chi connectivity index (χ0n) is 13.3. The lowest BCUT2D eigenvalue weighted by Crippen LogP contribution is -2.41. The lowest BCUT2D eigenvalue weighted by Gasteiger charge is -2.35. The molecule has 0 radical (unpaired) electrons. The predicted molar refractivity (Wildman–Crippen MR) is 85.4 cm³/mol. The van der Waals surface area contributed by atoms with Gasteiger partial charge in [0.1, 0.15) is 0 Å². The van der Waals surface area contributed by atoms with Gasteiger partial charge in [0.25, 0.3) is 0 Å². The molecule has 1 aromatic rings. The second-order valence-electron chi connectivity index (χ2n) is 6.49. The standard InChI is InChI=1S/C15H28BrN3/c1-10(2)15(6,9-17-11(3)4)8-13-14(16)12(5)18-19(13)7/h10-11,17H,8-9H2,1-7H3. The van der Waals surface area contributed by atoms with Gasteiger partial charge in [0.15, 0.2) is 0 Å². The van der Waals surface area contributed by atoms with Crippen molar-refractivity contribution < 1.29 is 0 Å². The van der Waals surface area contributed by atoms with Gasteiger partial charge in [0.2, 0.25) is 0 Å². The molecular weight excluding hydrogens is 302 g/mol. The summed E-state index contributed by atoms with van der Waals surface area (Å²) in [7, 11) is 2.03. The SMILES string of the molecule is Cc1nn(C)c(CC(C)(CNC(C)C)C(C)C)c1Br. The molecule has 0 aliphatic rings. The van der Waals surface area contributed by atoms with Gasteiger partial charge in [-0.1, -0.05) is 34.6 Å². The maximum atomic E-state index is 4.50. The third-order valence-electron chi connectivity index (χ3n) is 4.14. The molecule has 1 aromatic heterocycles. The van der Waals surface area contributed by atoms with Crippen LogP contribution in [0, 0.1) is 18.3 Å². The van der Waals surface area contributed by atoms with Crippen LogP contribution >= 0.6 is 15.9 Å². The molecule has 1 unspecified atom stereocenters. The number of aryl methyl sites for hydroxylation is 2. The molecular formula is C15H28BrN3. The number of rotatable bonds is 6. The molecule has 0 aliphatic carbocycles. The molecule has 4 heteroatoms. The highest BCUT2D eigenvalue weighted by Gasteiger charge is 2.31. The Balaban J connectivity index is 2.95. The van der Waals surface area contributed by atoms with E-state index in [4.69, 9.17) is 0 Å². The number of halogens is 1. The average molecular weight is 330 g/mol. The Morgan fingerprint density at radius 2 is 1.89 bits per heavy atom. The van der Waals surface area contributed by atoms with Crippen molar-refractivity contribution in [1.29, 1.82) is 0 Å². The van der Waals surface area contributed by atoms with Gasteiger partial charge in [-0.05, 0) is 40.6 Å². The zero-order valence-corrected chi connectivity index (χ0v) is 14.9. The van der Waals surface area contributed by atoms with Gasteiger partial charge in [0.05, 0.1) is 15.9 Å². The molecule has 19 heavy (non-hydrogen) atoms. The zero-order chi connectivity index (χ0) is 14.8. The van der Waals surface area contributed by atoms with Gasteiger partial charge in [-0.3, -0.25) is 4.68 Å². The number of hydrogen-bond donors (Lipinski definition) is 1. The minimum absolute atomic E-state index is 0.229. The topological polar surface area (TPSA) is 29.9 Å². The first-order valence-electron chi connectivity index (χ1n) is 7.08. The van der Waals surface area contributed by atoms with E-state index in [-0.39, 0.29) is 5.41 Å². The van der Waals surface area contributed by atoms with E-state index in [9.17, 15) is 0 Å². The van der Waals surface area contributed by atoms with Crippen molar-refractivity contribution in [2.75, 3.05) is 6.54 Å². The summed E-state index contributed by atoms with van der Waals surface area (Å²) in [5.41, 5.74) is 2.59. The molecule has 1 heterocycles. The highest BCUT2D eigenvalue weighted by Crippen LogP contribution is 2.34. The summed E-state index contributed by atoms with van der Waals surface area (Å²) in [6.07, 6.45) is 1.03. The molecule has 0 aliphatic heterocycles. The van der Waals surface area contributed by atoms with E-state index >= 15 is 0 Å². The van der Waals surface area contributed by atoms with Crippen LogP contribution in [0.4, 0.5) is 0 Å². The number of aromatic nitrogens is 2. The maximum Gasteiger partial charge on any atom is 0.0738 e. The monoisotopic (exact) mass is 329 g/mol. The van der Waals surface area contributed by atoms with Crippen molar-refractivity contribution in [3.05, 3.63) is 15.9 Å². The first-order chi connectivity index (χ1) is 8.67. The van der Waals surface area contributed by atoms with Crippen molar-refractivity contribution in [2.45, 2.75) is 54.0 Å². The Morgan fingerprint density at radius 1 is 1.32 bits per heavy atom. The van der Waals surface area contributed by atoms with Crippen molar-refractivity contribution in [3.8, 4) is 0 Å². The van der Waals surface area contributed by atoms with E-state index in [0.717, 1.165) is 23.1 Å². The van der Waals surface area contributed by atoms with E-state index in [2.05, 4.69) is 61.0 Å². The van der Waals surface area contributed by atoms with E-state index in [0.29, 0.717) is 12.0 Å². The van der Waals surface area contributed by atoms with Crippen LogP contribution in [0.3, 0.4) is 0 Å². The largest absolute Gasteiger partial charge is 0.314 e. The maximum absolute atomic E-state index is 4.50. The van der Waals surface area contributed by atoms with E-state index in [1.165, 1.54) is 5.69 Å². The Labute approximate surface area is 126 Å². The van der Waals surface area contributed by atoms with Gasteiger partial charge >= 0.3 is 0 Å². The van der Waals surface area contributed by atoms with E-state index < -0.39 is 0 Å². The number of hydrogen-bond acceptors (Lipinski definition) is 2. The second kappa shape index (κ2) is 6.40. The normalized spacial score (nSPS) is 15.3. The average Bonchev–Trinajstić information content (AvgIpc) is 2.53. The smallest absolute Gasteiger partial charge is 0.0738 e. The van der Waals surface area contributed by atoms with Crippen molar-refractivity contribution in [3.63, 3.8) is 0 Å². The van der Waals surface area contributed by atoms with Crippen LogP contribution in [0.1, 0.15) is 46.0 Å². The molecule has 0 saturated carbocycles. The summed E-state index contributed by atoms with van der Waals surface area (Å²) in [6, 6.07) is 0.523. The number of nitrogens with one attached hydrogen (secondary N) is 1. The molecule has 1 atom stereocenters. The van der Waals surface area contributed by atoms with Crippen LogP contribution in [-0.4, -0.2) is 22.4 Å². The summed E-state index contributed by atoms with van der Waals surface area (Å²) in [4.78, 5) is 0. The van der Waals surface area contributed by atoms with Crippen LogP contribution in [-0.2, 0) is 13.5 Å². The Hall–Kier alpha value is -0.350. The summed E-state index contributed by atoms with van der Waals surface area (Å²) in [6.45, 7) is 14.4. The third kappa shape index (κ3) is 4.06. The molecule has 110 valence electrons. The Morgan fingerprint density at radius 3 is 2.26 bits per heavy atom. The first-order valence-corrected chi connectivity index (χ1v) is 7.88. The van der Waals surface area contributed by atoms with Crippen LogP contribution in [0.15, 0.2) is 4.47 Å². The summed E-state index contributed by atoms with van der Waals surface area (Å²) in [5.74, 6) is 0.612. The fourth-order valence-corrected chi connectivity index (χ4v) is 2.64. The van der Waals surface area contributed by atoms with Crippen LogP contribution in [0.25, 0.3) is 0 Å². The molecule has 0 bridgehead atoms. The van der Waals surface area contributed by atoms with E-state index in [1.807, 2.05) is 18.7 Å². The molecule has 0 spiro atoms. The molecule has 0 fully saturated rings. The third-order valence-corrected chi connectivity index (χ3v) is 5.17. The van der Waals surface area contributed by atoms with Gasteiger partial charge in [-0.2, -0.15) is 5.10 Å². The van der Waals surface area contributed by atoms with Crippen LogP contribution in [0.5, 0.6) is 0 Å². The summed E-state index contributed by atoms with van der Waals surface area (Å²) in [5, 5.41) is 8.09.